The molecule has 0 atom stereocenters. The Kier molecular flexibility index (Phi) is 5.68. The first kappa shape index (κ1) is 15.7. The molecule has 0 fully saturated rings. The highest BCUT2D eigenvalue weighted by atomic mass is 16.2. The Balaban J connectivity index is 1.94. The predicted octanol–water partition coefficient (Wildman–Crippen LogP) is 2.58. The van der Waals surface area contributed by atoms with Crippen LogP contribution in [0.1, 0.15) is 34.1 Å². The topological polar surface area (TPSA) is 70.2 Å². The second-order valence-corrected chi connectivity index (χ2v) is 4.78. The highest BCUT2D eigenvalue weighted by Gasteiger charge is 2.07. The van der Waals surface area contributed by atoms with E-state index in [2.05, 4.69) is 16.2 Å². The van der Waals surface area contributed by atoms with Crippen molar-refractivity contribution in [2.24, 2.45) is 0 Å². The molecule has 5 heteroatoms. The fourth-order valence-corrected chi connectivity index (χ4v) is 1.84. The molecule has 0 aromatic heterocycles. The number of hydrogen-bond donors (Lipinski definition) is 3. The highest BCUT2D eigenvalue weighted by Crippen LogP contribution is 2.11. The van der Waals surface area contributed by atoms with Gasteiger partial charge in [-0.2, -0.15) is 0 Å². The molecule has 0 bridgehead atoms. The maximum atomic E-state index is 12.0. The largest absolute Gasteiger partial charge is 0.322 e. The Bertz CT molecular complexity index is 624. The number of benzene rings is 2. The van der Waals surface area contributed by atoms with Crippen molar-refractivity contribution in [3.63, 3.8) is 0 Å². The summed E-state index contributed by atoms with van der Waals surface area (Å²) in [5.74, 6) is -0.378. The number of hydrogen-bond acceptors (Lipinski definition) is 3. The van der Waals surface area contributed by atoms with E-state index in [1.807, 2.05) is 25.1 Å². The van der Waals surface area contributed by atoms with E-state index in [1.54, 1.807) is 36.4 Å². The summed E-state index contributed by atoms with van der Waals surface area (Å²) in [7, 11) is 0. The molecule has 2 aromatic carbocycles. The number of rotatable bonds is 6. The van der Waals surface area contributed by atoms with Crippen LogP contribution in [0.2, 0.25) is 0 Å². The van der Waals surface area contributed by atoms with Crippen LogP contribution < -0.4 is 16.2 Å². The third-order valence-corrected chi connectivity index (χ3v) is 3.02. The van der Waals surface area contributed by atoms with E-state index in [-0.39, 0.29) is 11.8 Å². The molecule has 0 spiro atoms. The molecule has 3 N–H and O–H groups in total. The van der Waals surface area contributed by atoms with Gasteiger partial charge in [-0.05, 0) is 42.8 Å². The minimum absolute atomic E-state index is 0.178. The van der Waals surface area contributed by atoms with Crippen molar-refractivity contribution in [2.45, 2.75) is 13.3 Å². The number of anilines is 1. The lowest BCUT2D eigenvalue weighted by molar-refractivity contribution is 0.0933. The first-order chi connectivity index (χ1) is 10.7. The Morgan fingerprint density at radius 3 is 2.14 bits per heavy atom. The molecule has 2 rings (SSSR count). The number of carbonyl (C=O) groups excluding carboxylic acids is 2. The van der Waals surface area contributed by atoms with E-state index in [9.17, 15) is 9.59 Å². The lowest BCUT2D eigenvalue weighted by Gasteiger charge is -2.08. The van der Waals surface area contributed by atoms with Crippen LogP contribution in [0.25, 0.3) is 0 Å². The van der Waals surface area contributed by atoms with Gasteiger partial charge in [0, 0.05) is 23.4 Å². The van der Waals surface area contributed by atoms with Crippen molar-refractivity contribution in [1.82, 2.24) is 10.9 Å². The summed E-state index contributed by atoms with van der Waals surface area (Å²) in [6.07, 6.45) is 0.935. The van der Waals surface area contributed by atoms with Gasteiger partial charge in [-0.15, -0.1) is 0 Å². The molecule has 0 unspecified atom stereocenters. The molecule has 114 valence electrons. The fraction of sp³-hybridized carbons (Fsp3) is 0.176. The molecule has 0 aliphatic heterocycles. The second-order valence-electron chi connectivity index (χ2n) is 4.78. The van der Waals surface area contributed by atoms with Gasteiger partial charge in [-0.25, -0.2) is 5.43 Å². The summed E-state index contributed by atoms with van der Waals surface area (Å²) in [5.41, 5.74) is 7.21. The third-order valence-electron chi connectivity index (χ3n) is 3.02. The van der Waals surface area contributed by atoms with Crippen LogP contribution in [0.15, 0.2) is 54.6 Å². The first-order valence-corrected chi connectivity index (χ1v) is 7.20. The van der Waals surface area contributed by atoms with Crippen LogP contribution in [-0.4, -0.2) is 18.4 Å². The van der Waals surface area contributed by atoms with Gasteiger partial charge in [-0.3, -0.25) is 15.0 Å². The lowest BCUT2D eigenvalue weighted by atomic mass is 10.1. The van der Waals surface area contributed by atoms with Crippen molar-refractivity contribution in [2.75, 3.05) is 11.9 Å². The quantitative estimate of drug-likeness (QED) is 0.567. The van der Waals surface area contributed by atoms with Gasteiger partial charge in [0.2, 0.25) is 0 Å². The summed E-state index contributed by atoms with van der Waals surface area (Å²) in [6.45, 7) is 2.74. The minimum atomic E-state index is -0.200. The van der Waals surface area contributed by atoms with E-state index in [4.69, 9.17) is 0 Å². The average molecular weight is 297 g/mol. The standard InChI is InChI=1S/C17H19N3O2/c1-2-12-18-20-17(22)14-8-10-15(11-9-14)19-16(21)13-6-4-3-5-7-13/h3-11,18H,2,12H2,1H3,(H,19,21)(H,20,22). The van der Waals surface area contributed by atoms with Crippen LogP contribution >= 0.6 is 0 Å². The van der Waals surface area contributed by atoms with Crippen molar-refractivity contribution >= 4 is 17.5 Å². The van der Waals surface area contributed by atoms with Gasteiger partial charge in [0.25, 0.3) is 11.8 Å². The Morgan fingerprint density at radius 2 is 1.50 bits per heavy atom. The summed E-state index contributed by atoms with van der Waals surface area (Å²) >= 11 is 0. The molecule has 0 radical (unpaired) electrons. The Morgan fingerprint density at radius 1 is 0.864 bits per heavy atom. The van der Waals surface area contributed by atoms with Crippen LogP contribution in [0.3, 0.4) is 0 Å². The molecule has 0 aliphatic rings. The van der Waals surface area contributed by atoms with Gasteiger partial charge in [0.1, 0.15) is 0 Å². The van der Waals surface area contributed by atoms with Crippen LogP contribution in [-0.2, 0) is 0 Å². The smallest absolute Gasteiger partial charge is 0.265 e. The predicted molar refractivity (Wildman–Crippen MR) is 86.6 cm³/mol. The zero-order chi connectivity index (χ0) is 15.8. The zero-order valence-corrected chi connectivity index (χ0v) is 12.4. The van der Waals surface area contributed by atoms with Gasteiger partial charge >= 0.3 is 0 Å². The molecule has 0 saturated heterocycles. The molecular weight excluding hydrogens is 278 g/mol. The van der Waals surface area contributed by atoms with Gasteiger partial charge < -0.3 is 5.32 Å². The monoisotopic (exact) mass is 297 g/mol. The van der Waals surface area contributed by atoms with Crippen molar-refractivity contribution in [3.8, 4) is 0 Å². The van der Waals surface area contributed by atoms with Crippen LogP contribution in [0.5, 0.6) is 0 Å². The fourth-order valence-electron chi connectivity index (χ4n) is 1.84. The number of hydrazine groups is 1. The molecule has 0 aliphatic carbocycles. The lowest BCUT2D eigenvalue weighted by Crippen LogP contribution is -2.37. The summed E-state index contributed by atoms with van der Waals surface area (Å²) in [6, 6.07) is 15.7. The SMILES string of the molecule is CCCNNC(=O)c1ccc(NC(=O)c2ccccc2)cc1. The van der Waals surface area contributed by atoms with Crippen LogP contribution in [0.4, 0.5) is 5.69 Å². The van der Waals surface area contributed by atoms with E-state index < -0.39 is 0 Å². The molecule has 2 aromatic rings. The first-order valence-electron chi connectivity index (χ1n) is 7.20. The van der Waals surface area contributed by atoms with Gasteiger partial charge in [0.15, 0.2) is 0 Å². The molecular formula is C17H19N3O2. The van der Waals surface area contributed by atoms with E-state index in [1.165, 1.54) is 0 Å². The van der Waals surface area contributed by atoms with E-state index in [0.29, 0.717) is 16.8 Å². The van der Waals surface area contributed by atoms with Gasteiger partial charge in [-0.1, -0.05) is 25.1 Å². The summed E-state index contributed by atoms with van der Waals surface area (Å²) in [5, 5.41) is 2.79. The number of nitrogens with one attached hydrogen (secondary N) is 3. The molecule has 22 heavy (non-hydrogen) atoms. The molecule has 2 amide bonds. The van der Waals surface area contributed by atoms with E-state index >= 15 is 0 Å². The van der Waals surface area contributed by atoms with E-state index in [0.717, 1.165) is 13.0 Å². The van der Waals surface area contributed by atoms with Crippen LogP contribution in [0, 0.1) is 0 Å². The maximum Gasteiger partial charge on any atom is 0.265 e. The average Bonchev–Trinajstić information content (AvgIpc) is 2.56. The minimum Gasteiger partial charge on any atom is -0.322 e. The maximum absolute atomic E-state index is 12.0. The van der Waals surface area contributed by atoms with Crippen molar-refractivity contribution in [3.05, 3.63) is 65.7 Å². The summed E-state index contributed by atoms with van der Waals surface area (Å²) in [4.78, 5) is 23.8. The van der Waals surface area contributed by atoms with Crippen molar-refractivity contribution in [1.29, 1.82) is 0 Å². The third kappa shape index (κ3) is 4.43. The zero-order valence-electron chi connectivity index (χ0n) is 12.4. The van der Waals surface area contributed by atoms with Crippen molar-refractivity contribution < 1.29 is 9.59 Å². The van der Waals surface area contributed by atoms with Gasteiger partial charge in [0.05, 0.1) is 0 Å². The highest BCUT2D eigenvalue weighted by molar-refractivity contribution is 6.04. The molecule has 0 saturated carbocycles. The molecule has 5 nitrogen and oxygen atoms in total. The number of amides is 2. The Hall–Kier alpha value is -2.66. The Labute approximate surface area is 129 Å². The number of carbonyl (C=O) groups is 2. The molecule has 0 heterocycles. The normalized spacial score (nSPS) is 10.0. The second kappa shape index (κ2) is 7.95. The summed E-state index contributed by atoms with van der Waals surface area (Å²) < 4.78 is 0.